The average Bonchev–Trinajstić information content (AvgIpc) is 3.21. The lowest BCUT2D eigenvalue weighted by atomic mass is 10.1. The van der Waals surface area contributed by atoms with Crippen LogP contribution in [0.2, 0.25) is 0 Å². The number of nitrogens with one attached hydrogen (secondary N) is 4. The van der Waals surface area contributed by atoms with Crippen molar-refractivity contribution in [2.75, 3.05) is 48.8 Å². The molecule has 0 spiro atoms. The molecule has 5 N–H and O–H groups in total. The average molecular weight is 493 g/mol. The maximum absolute atomic E-state index is 11.2. The Morgan fingerprint density at radius 3 is 2.49 bits per heavy atom. The second kappa shape index (κ2) is 9.26. The summed E-state index contributed by atoms with van der Waals surface area (Å²) in [4.78, 5) is 26.6. The zero-order valence-corrected chi connectivity index (χ0v) is 20.2. The fourth-order valence-corrected chi connectivity index (χ4v) is 4.65. The number of ether oxygens (including phenoxy) is 1. The maximum Gasteiger partial charge on any atom is 0.234 e. The standard InChI is InChI=1S/C24H25N7O3S/c1-14(32)27-15-3-5-16(6-4-15)28-24(35)31-9-7-30(8-10-31)23-21-17-11-20(34-2)19(33)12-18(17)29-22(21)25-13-26-23/h3-6,11-13,33H,7-10H2,1-2H3,(H,27,32)(H,28,35)(H,25,26,29)/p+1. The smallest absolute Gasteiger partial charge is 0.234 e. The molecule has 0 saturated carbocycles. The van der Waals surface area contributed by atoms with Crippen molar-refractivity contribution in [1.29, 1.82) is 0 Å². The molecule has 2 aromatic carbocycles. The number of methoxy groups -OCH3 is 1. The van der Waals surface area contributed by atoms with Crippen molar-refractivity contribution in [3.05, 3.63) is 42.7 Å². The van der Waals surface area contributed by atoms with Gasteiger partial charge in [0.05, 0.1) is 38.8 Å². The minimum atomic E-state index is -0.104. The van der Waals surface area contributed by atoms with Crippen LogP contribution in [-0.2, 0) is 4.79 Å². The number of phenols is 1. The summed E-state index contributed by atoms with van der Waals surface area (Å²) in [7, 11) is 1.54. The number of aromatic amines is 2. The SMILES string of the molecule is COc1cc2c(cc1O)[nH]c1nc[nH+]c(N3CCN(C(=S)Nc4ccc(NC(C)=O)cc4)CC3)c12. The Labute approximate surface area is 206 Å². The largest absolute Gasteiger partial charge is 0.504 e. The molecule has 0 atom stereocenters. The van der Waals surface area contributed by atoms with E-state index in [9.17, 15) is 9.90 Å². The van der Waals surface area contributed by atoms with Crippen LogP contribution in [0.1, 0.15) is 6.92 Å². The third-order valence-electron chi connectivity index (χ3n) is 6.05. The monoisotopic (exact) mass is 492 g/mol. The van der Waals surface area contributed by atoms with Crippen molar-refractivity contribution in [1.82, 2.24) is 14.9 Å². The number of nitrogens with zero attached hydrogens (tertiary/aromatic N) is 3. The van der Waals surface area contributed by atoms with Gasteiger partial charge >= 0.3 is 0 Å². The Bertz CT molecular complexity index is 1410. The number of fused-ring (bicyclic) bond motifs is 3. The molecule has 0 unspecified atom stereocenters. The summed E-state index contributed by atoms with van der Waals surface area (Å²) in [6.07, 6.45) is 1.67. The predicted octanol–water partition coefficient (Wildman–Crippen LogP) is 2.72. The Morgan fingerprint density at radius 2 is 1.83 bits per heavy atom. The number of rotatable bonds is 4. The van der Waals surface area contributed by atoms with Gasteiger partial charge in [-0.15, -0.1) is 0 Å². The zero-order valence-electron chi connectivity index (χ0n) is 19.4. The number of aromatic nitrogens is 3. The summed E-state index contributed by atoms with van der Waals surface area (Å²) >= 11 is 5.65. The molecule has 1 saturated heterocycles. The number of anilines is 3. The summed E-state index contributed by atoms with van der Waals surface area (Å²) in [5, 5.41) is 18.7. The van der Waals surface area contributed by atoms with Crippen LogP contribution in [0.25, 0.3) is 21.9 Å². The number of aromatic hydroxyl groups is 1. The van der Waals surface area contributed by atoms with Crippen LogP contribution in [0.3, 0.4) is 0 Å². The molecule has 1 aliphatic heterocycles. The first-order valence-corrected chi connectivity index (χ1v) is 11.6. The Morgan fingerprint density at radius 1 is 1.14 bits per heavy atom. The van der Waals surface area contributed by atoms with Crippen molar-refractivity contribution < 1.29 is 19.6 Å². The number of benzene rings is 2. The van der Waals surface area contributed by atoms with Crippen LogP contribution >= 0.6 is 12.2 Å². The van der Waals surface area contributed by atoms with E-state index in [-0.39, 0.29) is 11.7 Å². The number of carbonyl (C=O) groups is 1. The molecule has 5 rings (SSSR count). The highest BCUT2D eigenvalue weighted by Gasteiger charge is 2.27. The van der Waals surface area contributed by atoms with Crippen molar-refractivity contribution >= 4 is 62.4 Å². The summed E-state index contributed by atoms with van der Waals surface area (Å²) in [6, 6.07) is 10.9. The molecule has 0 radical (unpaired) electrons. The molecule has 180 valence electrons. The lowest BCUT2D eigenvalue weighted by Crippen LogP contribution is -2.51. The molecule has 11 heteroatoms. The first-order chi connectivity index (χ1) is 16.9. The fourth-order valence-electron chi connectivity index (χ4n) is 4.35. The Balaban J connectivity index is 1.30. The molecular formula is C24H26N7O3S+. The van der Waals surface area contributed by atoms with Gasteiger partial charge in [0.15, 0.2) is 16.6 Å². The molecule has 0 bridgehead atoms. The number of thiocarbonyl (C=S) groups is 1. The molecular weight excluding hydrogens is 466 g/mol. The van der Waals surface area contributed by atoms with Crippen LogP contribution in [0, 0.1) is 0 Å². The van der Waals surface area contributed by atoms with E-state index in [1.807, 2.05) is 30.3 Å². The molecule has 1 amide bonds. The van der Waals surface area contributed by atoms with Crippen LogP contribution in [0.4, 0.5) is 17.2 Å². The van der Waals surface area contributed by atoms with Crippen molar-refractivity contribution in [3.63, 3.8) is 0 Å². The second-order valence-corrected chi connectivity index (χ2v) is 8.72. The van der Waals surface area contributed by atoms with Gasteiger partial charge in [0.2, 0.25) is 23.7 Å². The van der Waals surface area contributed by atoms with Crippen LogP contribution in [0.15, 0.2) is 42.7 Å². The van der Waals surface area contributed by atoms with Gasteiger partial charge in [0.25, 0.3) is 0 Å². The minimum Gasteiger partial charge on any atom is -0.504 e. The van der Waals surface area contributed by atoms with Gasteiger partial charge in [-0.2, -0.15) is 0 Å². The van der Waals surface area contributed by atoms with E-state index in [0.29, 0.717) is 10.9 Å². The first kappa shape index (κ1) is 22.7. The number of piperazine rings is 1. The van der Waals surface area contributed by atoms with Crippen LogP contribution < -0.4 is 25.3 Å². The van der Waals surface area contributed by atoms with E-state index in [1.165, 1.54) is 14.0 Å². The quantitative estimate of drug-likeness (QED) is 0.321. The molecule has 35 heavy (non-hydrogen) atoms. The molecule has 3 heterocycles. The van der Waals surface area contributed by atoms with E-state index in [4.69, 9.17) is 17.0 Å². The summed E-state index contributed by atoms with van der Waals surface area (Å²) < 4.78 is 5.31. The van der Waals surface area contributed by atoms with Crippen LogP contribution in [0.5, 0.6) is 11.5 Å². The van der Waals surface area contributed by atoms with Crippen molar-refractivity contribution in [3.8, 4) is 11.5 Å². The van der Waals surface area contributed by atoms with Crippen molar-refractivity contribution in [2.24, 2.45) is 0 Å². The summed E-state index contributed by atoms with van der Waals surface area (Å²) in [6.45, 7) is 4.51. The zero-order chi connectivity index (χ0) is 24.5. The maximum atomic E-state index is 11.2. The van der Waals surface area contributed by atoms with Gasteiger partial charge in [0.1, 0.15) is 5.39 Å². The molecule has 10 nitrogen and oxygen atoms in total. The van der Waals surface area contributed by atoms with Gasteiger partial charge < -0.3 is 30.4 Å². The van der Waals surface area contributed by atoms with E-state index < -0.39 is 0 Å². The van der Waals surface area contributed by atoms with Crippen molar-refractivity contribution in [2.45, 2.75) is 6.92 Å². The highest BCUT2D eigenvalue weighted by molar-refractivity contribution is 7.80. The molecule has 4 aromatic rings. The van der Waals surface area contributed by atoms with Gasteiger partial charge in [-0.1, -0.05) is 4.98 Å². The lowest BCUT2D eigenvalue weighted by molar-refractivity contribution is -0.367. The first-order valence-electron chi connectivity index (χ1n) is 11.2. The number of carbonyl (C=O) groups excluding carboxylic acids is 1. The molecule has 1 aliphatic rings. The number of amides is 1. The normalized spacial score (nSPS) is 13.8. The highest BCUT2D eigenvalue weighted by Crippen LogP contribution is 2.37. The van der Waals surface area contributed by atoms with E-state index >= 15 is 0 Å². The van der Waals surface area contributed by atoms with Gasteiger partial charge in [-0.25, -0.2) is 4.98 Å². The number of hydrogen-bond acceptors (Lipinski definition) is 6. The minimum absolute atomic E-state index is 0.0801. The van der Waals surface area contributed by atoms with Gasteiger partial charge in [-0.05, 0) is 42.5 Å². The lowest BCUT2D eigenvalue weighted by Gasteiger charge is -2.34. The predicted molar refractivity (Wildman–Crippen MR) is 139 cm³/mol. The third kappa shape index (κ3) is 4.50. The highest BCUT2D eigenvalue weighted by atomic mass is 32.1. The van der Waals surface area contributed by atoms with E-state index in [0.717, 1.165) is 65.3 Å². The Hall–Kier alpha value is -4.12. The van der Waals surface area contributed by atoms with E-state index in [2.05, 4.69) is 35.4 Å². The molecule has 1 fully saturated rings. The second-order valence-electron chi connectivity index (χ2n) is 8.33. The summed E-state index contributed by atoms with van der Waals surface area (Å²) in [5.74, 6) is 1.35. The fraction of sp³-hybridized carbons (Fsp3) is 0.250. The number of hydrogen-bond donors (Lipinski definition) is 4. The van der Waals surface area contributed by atoms with Gasteiger partial charge in [0, 0.05) is 29.8 Å². The summed E-state index contributed by atoms with van der Waals surface area (Å²) in [5.41, 5.74) is 3.14. The molecule has 2 aromatic heterocycles. The number of phenolic OH excluding ortho intramolecular Hbond substituents is 1. The topological polar surface area (TPSA) is 120 Å². The third-order valence-corrected chi connectivity index (χ3v) is 6.41. The van der Waals surface area contributed by atoms with E-state index in [1.54, 1.807) is 12.4 Å². The Kier molecular flexibility index (Phi) is 6.00. The molecule has 0 aliphatic carbocycles. The van der Waals surface area contributed by atoms with Gasteiger partial charge in [-0.3, -0.25) is 9.69 Å². The van der Waals surface area contributed by atoms with Crippen LogP contribution in [-0.4, -0.2) is 64.3 Å². The number of H-pyrrole nitrogens is 2.